The van der Waals surface area contributed by atoms with E-state index in [1.54, 1.807) is 37.1 Å². The van der Waals surface area contributed by atoms with Gasteiger partial charge < -0.3 is 19.9 Å². The van der Waals surface area contributed by atoms with Crippen LogP contribution in [0.4, 0.5) is 9.80 Å². The van der Waals surface area contributed by atoms with Gasteiger partial charge in [-0.15, -0.1) is 11.3 Å². The Labute approximate surface area is 201 Å². The molecule has 3 aromatic heterocycles. The highest BCUT2D eigenvalue weighted by Gasteiger charge is 2.27. The number of carbonyl (C=O) groups excluding carboxylic acids is 2. The Kier molecular flexibility index (Phi) is 7.34. The average molecular weight is 477 g/mol. The minimum Gasteiger partial charge on any atom is -0.449 e. The van der Waals surface area contributed by atoms with Crippen LogP contribution in [-0.4, -0.2) is 33.1 Å². The van der Waals surface area contributed by atoms with Gasteiger partial charge in [0.25, 0.3) is 0 Å². The zero-order valence-corrected chi connectivity index (χ0v) is 19.5. The van der Waals surface area contributed by atoms with Crippen molar-refractivity contribution in [3.63, 3.8) is 0 Å². The number of aryl methyl sites for hydroxylation is 1. The first kappa shape index (κ1) is 23.2. The number of ether oxygens (including phenoxy) is 1. The second-order valence-electron chi connectivity index (χ2n) is 7.99. The first-order chi connectivity index (χ1) is 16.5. The van der Waals surface area contributed by atoms with Crippen LogP contribution in [0.1, 0.15) is 33.7 Å². The molecule has 9 nitrogen and oxygen atoms in total. The van der Waals surface area contributed by atoms with Gasteiger partial charge in [0, 0.05) is 36.6 Å². The van der Waals surface area contributed by atoms with E-state index in [1.807, 2.05) is 17.7 Å². The number of amides is 2. The van der Waals surface area contributed by atoms with E-state index < -0.39 is 6.09 Å². The van der Waals surface area contributed by atoms with Crippen molar-refractivity contribution in [3.8, 4) is 6.07 Å². The molecule has 0 aromatic carbocycles. The number of hydrogen-bond acceptors (Lipinski definition) is 7. The first-order valence-electron chi connectivity index (χ1n) is 10.8. The lowest BCUT2D eigenvalue weighted by Gasteiger charge is -2.21. The molecule has 1 aliphatic rings. The van der Waals surface area contributed by atoms with Gasteiger partial charge in [-0.2, -0.15) is 5.26 Å². The SMILES string of the molecule is Cn1cncc1CNC(=O)OCC1CCc2c(sc(NC(=O)C=Cc3cccnc3)c2C#N)C1. The molecular formula is C24H24N6O3S. The fourth-order valence-corrected chi connectivity index (χ4v) is 5.08. The lowest BCUT2D eigenvalue weighted by atomic mass is 9.88. The largest absolute Gasteiger partial charge is 0.449 e. The highest BCUT2D eigenvalue weighted by Crippen LogP contribution is 2.39. The molecule has 0 radical (unpaired) electrons. The summed E-state index contributed by atoms with van der Waals surface area (Å²) in [5.41, 5.74) is 3.20. The predicted octanol–water partition coefficient (Wildman–Crippen LogP) is 3.43. The van der Waals surface area contributed by atoms with Crippen LogP contribution in [0, 0.1) is 17.2 Å². The van der Waals surface area contributed by atoms with Gasteiger partial charge in [0.05, 0.1) is 30.7 Å². The Bertz CT molecular complexity index is 1240. The molecule has 34 heavy (non-hydrogen) atoms. The Morgan fingerprint density at radius 1 is 1.38 bits per heavy atom. The molecule has 0 saturated heterocycles. The fraction of sp³-hybridized carbons (Fsp3) is 0.292. The molecule has 0 aliphatic heterocycles. The highest BCUT2D eigenvalue weighted by molar-refractivity contribution is 7.16. The van der Waals surface area contributed by atoms with Gasteiger partial charge in [-0.25, -0.2) is 9.78 Å². The third-order valence-electron chi connectivity index (χ3n) is 5.61. The van der Waals surface area contributed by atoms with Crippen molar-refractivity contribution in [1.82, 2.24) is 19.9 Å². The number of aromatic nitrogens is 3. The molecular weight excluding hydrogens is 452 g/mol. The monoisotopic (exact) mass is 476 g/mol. The van der Waals surface area contributed by atoms with E-state index in [2.05, 4.69) is 26.7 Å². The first-order valence-corrected chi connectivity index (χ1v) is 11.6. The third kappa shape index (κ3) is 5.68. The lowest BCUT2D eigenvalue weighted by Crippen LogP contribution is -2.28. The molecule has 0 saturated carbocycles. The quantitative estimate of drug-likeness (QED) is 0.504. The number of carbonyl (C=O) groups is 2. The Morgan fingerprint density at radius 2 is 2.26 bits per heavy atom. The number of nitrogens with one attached hydrogen (secondary N) is 2. The van der Waals surface area contributed by atoms with Gasteiger partial charge in [0.15, 0.2) is 0 Å². The molecule has 1 atom stereocenters. The van der Waals surface area contributed by atoms with E-state index in [-0.39, 0.29) is 11.8 Å². The topological polar surface area (TPSA) is 122 Å². The number of alkyl carbamates (subject to hydrolysis) is 1. The molecule has 3 aromatic rings. The zero-order valence-electron chi connectivity index (χ0n) is 18.7. The van der Waals surface area contributed by atoms with Gasteiger partial charge in [-0.1, -0.05) is 6.07 Å². The number of rotatable bonds is 7. The summed E-state index contributed by atoms with van der Waals surface area (Å²) < 4.78 is 7.24. The van der Waals surface area contributed by atoms with Gasteiger partial charge in [0.1, 0.15) is 11.1 Å². The maximum atomic E-state index is 12.4. The Morgan fingerprint density at radius 3 is 3.00 bits per heavy atom. The molecule has 0 spiro atoms. The minimum atomic E-state index is -0.468. The van der Waals surface area contributed by atoms with Crippen molar-refractivity contribution < 1.29 is 14.3 Å². The van der Waals surface area contributed by atoms with Gasteiger partial charge in [-0.3, -0.25) is 9.78 Å². The number of fused-ring (bicyclic) bond motifs is 1. The number of nitriles is 1. The van der Waals surface area contributed by atoms with Gasteiger partial charge in [-0.05, 0) is 48.4 Å². The number of imidazole rings is 1. The maximum absolute atomic E-state index is 12.4. The maximum Gasteiger partial charge on any atom is 0.407 e. The molecule has 174 valence electrons. The summed E-state index contributed by atoms with van der Waals surface area (Å²) in [5, 5.41) is 15.8. The number of pyridine rings is 1. The van der Waals surface area contributed by atoms with Crippen LogP contribution in [0.15, 0.2) is 43.1 Å². The van der Waals surface area contributed by atoms with Crippen molar-refractivity contribution in [2.45, 2.75) is 25.8 Å². The smallest absolute Gasteiger partial charge is 0.407 e. The number of anilines is 1. The molecule has 1 unspecified atom stereocenters. The van der Waals surface area contributed by atoms with E-state index >= 15 is 0 Å². The summed E-state index contributed by atoms with van der Waals surface area (Å²) in [6, 6.07) is 5.89. The summed E-state index contributed by atoms with van der Waals surface area (Å²) in [4.78, 5) is 33.5. The predicted molar refractivity (Wildman–Crippen MR) is 128 cm³/mol. The van der Waals surface area contributed by atoms with Crippen LogP contribution in [-0.2, 0) is 36.0 Å². The van der Waals surface area contributed by atoms with Crippen LogP contribution in [0.25, 0.3) is 6.08 Å². The van der Waals surface area contributed by atoms with E-state index in [4.69, 9.17) is 4.74 Å². The van der Waals surface area contributed by atoms with Crippen LogP contribution in [0.5, 0.6) is 0 Å². The number of nitrogens with zero attached hydrogens (tertiary/aromatic N) is 4. The second-order valence-corrected chi connectivity index (χ2v) is 9.09. The standard InChI is InChI=1S/C24H24N6O3S/c1-30-15-27-12-18(30)13-28-24(32)33-14-17-4-6-19-20(10-25)23(34-21(19)9-17)29-22(31)7-5-16-3-2-8-26-11-16/h2-3,5,7-8,11-12,15,17H,4,6,9,13-14H2,1H3,(H,28,32)(H,29,31). The lowest BCUT2D eigenvalue weighted by molar-refractivity contribution is -0.111. The number of hydrogen-bond donors (Lipinski definition) is 2. The Hall–Kier alpha value is -3.97. The summed E-state index contributed by atoms with van der Waals surface area (Å²) >= 11 is 1.42. The highest BCUT2D eigenvalue weighted by atomic mass is 32.1. The van der Waals surface area contributed by atoms with Crippen molar-refractivity contribution in [2.75, 3.05) is 11.9 Å². The van der Waals surface area contributed by atoms with E-state index in [1.165, 1.54) is 17.4 Å². The van der Waals surface area contributed by atoms with Crippen LogP contribution in [0.3, 0.4) is 0 Å². The van der Waals surface area contributed by atoms with Crippen molar-refractivity contribution in [2.24, 2.45) is 13.0 Å². The van der Waals surface area contributed by atoms with E-state index in [0.29, 0.717) is 36.6 Å². The summed E-state index contributed by atoms with van der Waals surface area (Å²) in [6.45, 7) is 0.644. The van der Waals surface area contributed by atoms with E-state index in [0.717, 1.165) is 28.1 Å². The summed E-state index contributed by atoms with van der Waals surface area (Å²) in [5.74, 6) is -0.141. The van der Waals surface area contributed by atoms with Crippen LogP contribution < -0.4 is 10.6 Å². The molecule has 1 aliphatic carbocycles. The minimum absolute atomic E-state index is 0.161. The molecule has 2 N–H and O–H groups in total. The van der Waals surface area contributed by atoms with Gasteiger partial charge >= 0.3 is 6.09 Å². The molecule has 2 amide bonds. The van der Waals surface area contributed by atoms with E-state index in [9.17, 15) is 14.9 Å². The van der Waals surface area contributed by atoms with Crippen molar-refractivity contribution >= 4 is 34.4 Å². The third-order valence-corrected chi connectivity index (χ3v) is 6.78. The molecule has 0 bridgehead atoms. The zero-order chi connectivity index (χ0) is 23.9. The Balaban J connectivity index is 1.31. The molecule has 0 fully saturated rings. The number of thiophene rings is 1. The average Bonchev–Trinajstić information content (AvgIpc) is 3.42. The van der Waals surface area contributed by atoms with Crippen molar-refractivity contribution in [3.05, 3.63) is 70.4 Å². The summed E-state index contributed by atoms with van der Waals surface area (Å²) in [6.07, 6.45) is 11.5. The normalized spacial score (nSPS) is 14.9. The molecule has 3 heterocycles. The summed E-state index contributed by atoms with van der Waals surface area (Å²) in [7, 11) is 1.86. The molecule has 4 rings (SSSR count). The molecule has 10 heteroatoms. The van der Waals surface area contributed by atoms with Crippen LogP contribution >= 0.6 is 11.3 Å². The second kappa shape index (κ2) is 10.8. The van der Waals surface area contributed by atoms with Gasteiger partial charge in [0.2, 0.25) is 5.91 Å². The fourth-order valence-electron chi connectivity index (χ4n) is 3.77. The van der Waals surface area contributed by atoms with Crippen molar-refractivity contribution in [1.29, 1.82) is 5.26 Å². The van der Waals surface area contributed by atoms with Crippen LogP contribution in [0.2, 0.25) is 0 Å².